The molecule has 1 amide bonds. The summed E-state index contributed by atoms with van der Waals surface area (Å²) in [5.74, 6) is -0.0691. The van der Waals surface area contributed by atoms with E-state index in [1.165, 1.54) is 135 Å². The maximum atomic E-state index is 12.4. The zero-order valence-electron chi connectivity index (χ0n) is 36.9. The number of hydrogen-bond donors (Lipinski definition) is 3. The van der Waals surface area contributed by atoms with Crippen molar-refractivity contribution >= 4 is 5.91 Å². The number of rotatable bonds is 42. The lowest BCUT2D eigenvalue weighted by Crippen LogP contribution is -2.45. The number of hydrogen-bond acceptors (Lipinski definition) is 3. The van der Waals surface area contributed by atoms with Crippen molar-refractivity contribution in [2.24, 2.45) is 0 Å². The van der Waals surface area contributed by atoms with E-state index in [2.05, 4.69) is 92.1 Å². The first-order valence-electron chi connectivity index (χ1n) is 23.8. The molecule has 2 unspecified atom stereocenters. The molecule has 3 N–H and O–H groups in total. The summed E-state index contributed by atoms with van der Waals surface area (Å²) < 4.78 is 0. The van der Waals surface area contributed by atoms with Gasteiger partial charge in [-0.1, -0.05) is 227 Å². The lowest BCUT2D eigenvalue weighted by molar-refractivity contribution is -0.123. The standard InChI is InChI=1S/C52H91NO3/c1-3-5-7-9-11-13-15-16-17-18-19-20-21-22-23-24-25-26-27-28-29-30-31-32-33-34-35-36-38-40-42-44-46-48-52(56)53-50(49-54)51(55)47-45-43-41-39-37-14-12-10-8-6-4-2/h5,7,11,13,16-17,19-20,22-23,25-26,45,47,50-51,54-55H,3-4,6,8-10,12,14-15,18,21,24,27-44,46,48-49H2,1-2H3,(H,53,56)/b7-5-,13-11-,17-16-,20-19-,23-22-,26-25-,47-45+. The number of unbranched alkanes of at least 4 members (excludes halogenated alkanes) is 23. The molecule has 0 spiro atoms. The molecule has 0 aliphatic rings. The van der Waals surface area contributed by atoms with E-state index in [9.17, 15) is 15.0 Å². The molecule has 4 nitrogen and oxygen atoms in total. The number of amides is 1. The van der Waals surface area contributed by atoms with Crippen molar-refractivity contribution in [2.45, 2.75) is 231 Å². The Bertz CT molecular complexity index is 1020. The van der Waals surface area contributed by atoms with Crippen LogP contribution in [-0.4, -0.2) is 34.9 Å². The largest absolute Gasteiger partial charge is 0.394 e. The van der Waals surface area contributed by atoms with Gasteiger partial charge in [0.05, 0.1) is 18.8 Å². The van der Waals surface area contributed by atoms with E-state index >= 15 is 0 Å². The number of carbonyl (C=O) groups is 1. The summed E-state index contributed by atoms with van der Waals surface area (Å²) in [6.45, 7) is 4.17. The van der Waals surface area contributed by atoms with Gasteiger partial charge in [0.15, 0.2) is 0 Å². The van der Waals surface area contributed by atoms with E-state index < -0.39 is 12.1 Å². The highest BCUT2D eigenvalue weighted by Crippen LogP contribution is 2.15. The van der Waals surface area contributed by atoms with E-state index in [1.807, 2.05) is 6.08 Å². The Balaban J connectivity index is 3.53. The first-order valence-corrected chi connectivity index (χ1v) is 23.8. The van der Waals surface area contributed by atoms with Crippen LogP contribution in [0.1, 0.15) is 219 Å². The Morgan fingerprint density at radius 1 is 0.446 bits per heavy atom. The third-order valence-corrected chi connectivity index (χ3v) is 10.4. The minimum absolute atomic E-state index is 0.0691. The molecule has 0 saturated carbocycles. The lowest BCUT2D eigenvalue weighted by atomic mass is 10.0. The van der Waals surface area contributed by atoms with Gasteiger partial charge < -0.3 is 15.5 Å². The van der Waals surface area contributed by atoms with Gasteiger partial charge in [0.2, 0.25) is 5.91 Å². The van der Waals surface area contributed by atoms with Crippen molar-refractivity contribution in [3.05, 3.63) is 85.1 Å². The van der Waals surface area contributed by atoms with Crippen LogP contribution in [0.2, 0.25) is 0 Å². The Kier molecular flexibility index (Phi) is 44.9. The van der Waals surface area contributed by atoms with Gasteiger partial charge in [0.1, 0.15) is 0 Å². The third kappa shape index (κ3) is 42.7. The predicted octanol–water partition coefficient (Wildman–Crippen LogP) is 15.2. The van der Waals surface area contributed by atoms with Gasteiger partial charge in [-0.3, -0.25) is 4.79 Å². The summed E-state index contributed by atoms with van der Waals surface area (Å²) in [5, 5.41) is 23.0. The van der Waals surface area contributed by atoms with Crippen LogP contribution in [0.3, 0.4) is 0 Å². The van der Waals surface area contributed by atoms with Crippen LogP contribution in [0.25, 0.3) is 0 Å². The molecule has 0 fully saturated rings. The maximum absolute atomic E-state index is 12.4. The Morgan fingerprint density at radius 3 is 1.18 bits per heavy atom. The molecule has 0 aromatic carbocycles. The van der Waals surface area contributed by atoms with Crippen molar-refractivity contribution in [3.63, 3.8) is 0 Å². The molecule has 0 aromatic heterocycles. The predicted molar refractivity (Wildman–Crippen MR) is 248 cm³/mol. The second-order valence-corrected chi connectivity index (χ2v) is 15.8. The normalized spacial score (nSPS) is 13.7. The van der Waals surface area contributed by atoms with Crippen molar-refractivity contribution < 1.29 is 15.0 Å². The van der Waals surface area contributed by atoms with E-state index in [0.29, 0.717) is 6.42 Å². The first-order chi connectivity index (χ1) is 27.7. The highest BCUT2D eigenvalue weighted by atomic mass is 16.3. The molecular formula is C52H91NO3. The van der Waals surface area contributed by atoms with Crippen LogP contribution in [0, 0.1) is 0 Å². The average Bonchev–Trinajstić information content (AvgIpc) is 3.20. The lowest BCUT2D eigenvalue weighted by Gasteiger charge is -2.20. The molecule has 0 aliphatic carbocycles. The van der Waals surface area contributed by atoms with Gasteiger partial charge in [0, 0.05) is 6.42 Å². The van der Waals surface area contributed by atoms with E-state index in [1.54, 1.807) is 6.08 Å². The SMILES string of the molecule is CC/C=C\C/C=C\C/C=C\C/C=C\C/C=C\C/C=C\CCCCCCCCCCCCCCCCC(=O)NC(CO)C(O)/C=C/CCCCCCCCCCC. The van der Waals surface area contributed by atoms with E-state index in [4.69, 9.17) is 0 Å². The topological polar surface area (TPSA) is 69.6 Å². The van der Waals surface area contributed by atoms with Crippen LogP contribution in [0.5, 0.6) is 0 Å². The summed E-state index contributed by atoms with van der Waals surface area (Å²) in [6.07, 6.45) is 68.5. The highest BCUT2D eigenvalue weighted by Gasteiger charge is 2.17. The molecule has 322 valence electrons. The maximum Gasteiger partial charge on any atom is 0.220 e. The minimum Gasteiger partial charge on any atom is -0.394 e. The van der Waals surface area contributed by atoms with Gasteiger partial charge in [-0.05, 0) is 70.6 Å². The third-order valence-electron chi connectivity index (χ3n) is 10.4. The fraction of sp³-hybridized carbons (Fsp3) is 0.712. The van der Waals surface area contributed by atoms with Crippen molar-refractivity contribution in [2.75, 3.05) is 6.61 Å². The van der Waals surface area contributed by atoms with Crippen molar-refractivity contribution in [1.29, 1.82) is 0 Å². The summed E-state index contributed by atoms with van der Waals surface area (Å²) in [5.41, 5.74) is 0. The van der Waals surface area contributed by atoms with Gasteiger partial charge >= 0.3 is 0 Å². The van der Waals surface area contributed by atoms with Crippen LogP contribution in [0.4, 0.5) is 0 Å². The molecule has 0 bridgehead atoms. The molecule has 56 heavy (non-hydrogen) atoms. The van der Waals surface area contributed by atoms with Crippen LogP contribution in [-0.2, 0) is 4.79 Å². The van der Waals surface area contributed by atoms with Crippen molar-refractivity contribution in [1.82, 2.24) is 5.32 Å². The molecule has 0 radical (unpaired) electrons. The molecule has 0 aromatic rings. The summed E-state index contributed by atoms with van der Waals surface area (Å²) >= 11 is 0. The second kappa shape index (κ2) is 46.9. The van der Waals surface area contributed by atoms with Crippen LogP contribution >= 0.6 is 0 Å². The average molecular weight is 778 g/mol. The number of allylic oxidation sites excluding steroid dienone is 13. The van der Waals surface area contributed by atoms with Gasteiger partial charge in [-0.15, -0.1) is 0 Å². The zero-order chi connectivity index (χ0) is 40.7. The highest BCUT2D eigenvalue weighted by molar-refractivity contribution is 5.76. The monoisotopic (exact) mass is 778 g/mol. The minimum atomic E-state index is -0.841. The summed E-state index contributed by atoms with van der Waals surface area (Å²) in [7, 11) is 0. The van der Waals surface area contributed by atoms with Crippen LogP contribution in [0.15, 0.2) is 85.1 Å². The number of aliphatic hydroxyl groups excluding tert-OH is 2. The molecule has 0 aliphatic heterocycles. The van der Waals surface area contributed by atoms with Crippen LogP contribution < -0.4 is 5.32 Å². The van der Waals surface area contributed by atoms with Gasteiger partial charge in [-0.25, -0.2) is 0 Å². The quantitative estimate of drug-likeness (QED) is 0.0427. The molecule has 0 saturated heterocycles. The Hall–Kier alpha value is -2.43. The molecule has 4 heteroatoms. The molecule has 0 heterocycles. The summed E-state index contributed by atoms with van der Waals surface area (Å²) in [4.78, 5) is 12.4. The van der Waals surface area contributed by atoms with Gasteiger partial charge in [0.25, 0.3) is 0 Å². The fourth-order valence-corrected chi connectivity index (χ4v) is 6.77. The number of carbonyl (C=O) groups excluding carboxylic acids is 1. The Labute approximate surface area is 348 Å². The molecule has 2 atom stereocenters. The summed E-state index contributed by atoms with van der Waals surface area (Å²) in [6, 6.07) is -0.624. The second-order valence-electron chi connectivity index (χ2n) is 15.8. The smallest absolute Gasteiger partial charge is 0.220 e. The fourth-order valence-electron chi connectivity index (χ4n) is 6.77. The van der Waals surface area contributed by atoms with E-state index in [0.717, 1.165) is 64.2 Å². The van der Waals surface area contributed by atoms with E-state index in [-0.39, 0.29) is 12.5 Å². The number of nitrogens with one attached hydrogen (secondary N) is 1. The number of aliphatic hydroxyl groups is 2. The molecular weight excluding hydrogens is 687 g/mol. The first kappa shape index (κ1) is 53.6. The Morgan fingerprint density at radius 2 is 0.786 bits per heavy atom. The van der Waals surface area contributed by atoms with Crippen molar-refractivity contribution in [3.8, 4) is 0 Å². The van der Waals surface area contributed by atoms with Gasteiger partial charge in [-0.2, -0.15) is 0 Å². The molecule has 0 rings (SSSR count). The zero-order valence-corrected chi connectivity index (χ0v) is 36.9.